The molecule has 2 aromatic rings. The van der Waals surface area contributed by atoms with Gasteiger partial charge >= 0.3 is 12.2 Å². The van der Waals surface area contributed by atoms with Crippen LogP contribution in [0.1, 0.15) is 18.1 Å². The van der Waals surface area contributed by atoms with Gasteiger partial charge in [0, 0.05) is 0 Å². The minimum Gasteiger partial charge on any atom is -0.445 e. The summed E-state index contributed by atoms with van der Waals surface area (Å²) in [4.78, 5) is 35.7. The van der Waals surface area contributed by atoms with Gasteiger partial charge in [0.25, 0.3) is 5.91 Å². The van der Waals surface area contributed by atoms with Gasteiger partial charge in [-0.2, -0.15) is 0 Å². The van der Waals surface area contributed by atoms with Crippen LogP contribution in [0.25, 0.3) is 0 Å². The van der Waals surface area contributed by atoms with Crippen LogP contribution in [-0.2, 0) is 27.5 Å². The Bertz CT molecular complexity index is 723. The van der Waals surface area contributed by atoms with Gasteiger partial charge in [-0.1, -0.05) is 60.7 Å². The van der Waals surface area contributed by atoms with E-state index in [0.29, 0.717) is 0 Å². The van der Waals surface area contributed by atoms with Crippen LogP contribution < -0.4 is 16.4 Å². The molecule has 3 amide bonds. The number of amides is 3. The lowest BCUT2D eigenvalue weighted by Crippen LogP contribution is -2.65. The molecule has 27 heavy (non-hydrogen) atoms. The van der Waals surface area contributed by atoms with Crippen molar-refractivity contribution in [3.63, 3.8) is 0 Å². The number of carbonyl (C=O) groups is 3. The predicted molar refractivity (Wildman–Crippen MR) is 97.1 cm³/mol. The fourth-order valence-electron chi connectivity index (χ4n) is 2.08. The van der Waals surface area contributed by atoms with Crippen LogP contribution >= 0.6 is 0 Å². The van der Waals surface area contributed by atoms with Gasteiger partial charge in [0.15, 0.2) is 5.66 Å². The first-order chi connectivity index (χ1) is 12.9. The largest absolute Gasteiger partial charge is 0.445 e. The maximum atomic E-state index is 12.0. The van der Waals surface area contributed by atoms with Gasteiger partial charge in [-0.05, 0) is 18.1 Å². The standard InChI is InChI=1S/C19H21N3O5/c1-19(16(20)23,21-17(24)26-12-14-8-4-2-5-9-14)22-18(25)27-13-15-10-6-3-7-11-15/h2-11H,12-13H2,1H3,(H2,20,23)(H,21,24)(H,22,25). The number of rotatable bonds is 7. The molecular formula is C19H21N3O5. The zero-order valence-electron chi connectivity index (χ0n) is 14.8. The number of ether oxygens (including phenoxy) is 2. The molecule has 0 unspecified atom stereocenters. The highest BCUT2D eigenvalue weighted by Gasteiger charge is 2.36. The first-order valence-corrected chi connectivity index (χ1v) is 8.17. The van der Waals surface area contributed by atoms with Crippen molar-refractivity contribution in [3.8, 4) is 0 Å². The molecule has 0 aliphatic rings. The normalized spacial score (nSPS) is 10.6. The highest BCUT2D eigenvalue weighted by Crippen LogP contribution is 2.05. The van der Waals surface area contributed by atoms with Crippen LogP contribution in [0, 0.1) is 0 Å². The Morgan fingerprint density at radius 2 is 1.19 bits per heavy atom. The van der Waals surface area contributed by atoms with E-state index >= 15 is 0 Å². The molecule has 0 atom stereocenters. The number of carbonyl (C=O) groups excluding carboxylic acids is 3. The van der Waals surface area contributed by atoms with E-state index in [-0.39, 0.29) is 13.2 Å². The molecule has 2 rings (SSSR count). The van der Waals surface area contributed by atoms with Gasteiger partial charge in [0.1, 0.15) is 13.2 Å². The minimum absolute atomic E-state index is 0.0000309. The van der Waals surface area contributed by atoms with E-state index in [1.807, 2.05) is 12.1 Å². The summed E-state index contributed by atoms with van der Waals surface area (Å²) in [7, 11) is 0. The van der Waals surface area contributed by atoms with Crippen LogP contribution in [0.4, 0.5) is 9.59 Å². The molecule has 0 heterocycles. The predicted octanol–water partition coefficient (Wildman–Crippen LogP) is 2.04. The summed E-state index contributed by atoms with van der Waals surface area (Å²) in [6, 6.07) is 18.0. The van der Waals surface area contributed by atoms with Gasteiger partial charge < -0.3 is 15.2 Å². The van der Waals surface area contributed by atoms with Crippen molar-refractivity contribution in [2.45, 2.75) is 25.8 Å². The number of benzene rings is 2. The van der Waals surface area contributed by atoms with Gasteiger partial charge in [-0.25, -0.2) is 9.59 Å². The third-order valence-corrected chi connectivity index (χ3v) is 3.62. The van der Waals surface area contributed by atoms with Gasteiger partial charge in [0.2, 0.25) is 0 Å². The maximum Gasteiger partial charge on any atom is 0.409 e. The summed E-state index contributed by atoms with van der Waals surface area (Å²) in [6.45, 7) is 1.24. The first-order valence-electron chi connectivity index (χ1n) is 8.17. The van der Waals surface area contributed by atoms with E-state index in [4.69, 9.17) is 15.2 Å². The second-order valence-electron chi connectivity index (χ2n) is 5.86. The van der Waals surface area contributed by atoms with Gasteiger partial charge in [0.05, 0.1) is 0 Å². The number of hydrogen-bond donors (Lipinski definition) is 3. The topological polar surface area (TPSA) is 120 Å². The molecule has 0 spiro atoms. The molecule has 142 valence electrons. The van der Waals surface area contributed by atoms with E-state index in [9.17, 15) is 14.4 Å². The molecule has 4 N–H and O–H groups in total. The average molecular weight is 371 g/mol. The number of primary amides is 1. The SMILES string of the molecule is CC(NC(=O)OCc1ccccc1)(NC(=O)OCc1ccccc1)C(N)=O. The molecule has 0 aliphatic carbocycles. The van der Waals surface area contributed by atoms with Crippen LogP contribution in [0.15, 0.2) is 60.7 Å². The Balaban J connectivity index is 1.88. The lowest BCUT2D eigenvalue weighted by Gasteiger charge is -2.27. The van der Waals surface area contributed by atoms with E-state index in [1.54, 1.807) is 48.5 Å². The van der Waals surface area contributed by atoms with Gasteiger partial charge in [-0.3, -0.25) is 15.4 Å². The third kappa shape index (κ3) is 6.35. The molecule has 0 fully saturated rings. The first kappa shape index (κ1) is 19.8. The average Bonchev–Trinajstić information content (AvgIpc) is 2.66. The second-order valence-corrected chi connectivity index (χ2v) is 5.86. The quantitative estimate of drug-likeness (QED) is 0.643. The highest BCUT2D eigenvalue weighted by molar-refractivity contribution is 5.91. The lowest BCUT2D eigenvalue weighted by atomic mass is 10.2. The number of alkyl carbamates (subject to hydrolysis) is 2. The molecule has 0 bridgehead atoms. The summed E-state index contributed by atoms with van der Waals surface area (Å²) in [5.41, 5.74) is 4.96. The Morgan fingerprint density at radius 3 is 1.52 bits per heavy atom. The summed E-state index contributed by atoms with van der Waals surface area (Å²) < 4.78 is 10.1. The molecule has 0 aromatic heterocycles. The zero-order chi connectivity index (χ0) is 19.7. The van der Waals surface area contributed by atoms with Crippen molar-refractivity contribution in [1.29, 1.82) is 0 Å². The van der Waals surface area contributed by atoms with Crippen molar-refractivity contribution >= 4 is 18.1 Å². The lowest BCUT2D eigenvalue weighted by molar-refractivity contribution is -0.124. The van der Waals surface area contributed by atoms with Crippen LogP contribution in [-0.4, -0.2) is 23.8 Å². The number of hydrogen-bond acceptors (Lipinski definition) is 5. The fraction of sp³-hybridized carbons (Fsp3) is 0.211. The summed E-state index contributed by atoms with van der Waals surface area (Å²) in [6.07, 6.45) is -1.83. The molecule has 0 saturated heterocycles. The fourth-order valence-corrected chi connectivity index (χ4v) is 2.08. The molecule has 0 saturated carbocycles. The molecule has 0 aliphatic heterocycles. The van der Waals surface area contributed by atoms with Gasteiger partial charge in [-0.15, -0.1) is 0 Å². The van der Waals surface area contributed by atoms with Crippen molar-refractivity contribution in [3.05, 3.63) is 71.8 Å². The van der Waals surface area contributed by atoms with E-state index in [2.05, 4.69) is 10.6 Å². The molecule has 8 nitrogen and oxygen atoms in total. The van der Waals surface area contributed by atoms with Crippen LogP contribution in [0.5, 0.6) is 0 Å². The molecule has 0 radical (unpaired) electrons. The van der Waals surface area contributed by atoms with Crippen molar-refractivity contribution in [2.75, 3.05) is 0 Å². The monoisotopic (exact) mass is 371 g/mol. The summed E-state index contributed by atoms with van der Waals surface area (Å²) >= 11 is 0. The van der Waals surface area contributed by atoms with E-state index in [0.717, 1.165) is 11.1 Å². The van der Waals surface area contributed by atoms with E-state index in [1.165, 1.54) is 6.92 Å². The maximum absolute atomic E-state index is 12.0. The van der Waals surface area contributed by atoms with Crippen molar-refractivity contribution < 1.29 is 23.9 Å². The highest BCUT2D eigenvalue weighted by atomic mass is 16.6. The van der Waals surface area contributed by atoms with E-state index < -0.39 is 23.8 Å². The number of nitrogens with two attached hydrogens (primary N) is 1. The Morgan fingerprint density at radius 1 is 0.815 bits per heavy atom. The smallest absolute Gasteiger partial charge is 0.409 e. The Labute approximate surface area is 156 Å². The van der Waals surface area contributed by atoms with Crippen LogP contribution in [0.2, 0.25) is 0 Å². The van der Waals surface area contributed by atoms with Crippen molar-refractivity contribution in [2.24, 2.45) is 5.73 Å². The Hall–Kier alpha value is -3.55. The Kier molecular flexibility index (Phi) is 6.76. The zero-order valence-corrected chi connectivity index (χ0v) is 14.8. The molecule has 2 aromatic carbocycles. The third-order valence-electron chi connectivity index (χ3n) is 3.62. The summed E-state index contributed by atoms with van der Waals surface area (Å²) in [5.74, 6) is -0.976. The van der Waals surface area contributed by atoms with Crippen molar-refractivity contribution in [1.82, 2.24) is 10.6 Å². The second kappa shape index (κ2) is 9.23. The summed E-state index contributed by atoms with van der Waals surface area (Å²) in [5, 5.41) is 4.49. The number of nitrogens with one attached hydrogen (secondary N) is 2. The van der Waals surface area contributed by atoms with Crippen LogP contribution in [0.3, 0.4) is 0 Å². The minimum atomic E-state index is -1.87. The molecular weight excluding hydrogens is 350 g/mol. The molecule has 8 heteroatoms.